The highest BCUT2D eigenvalue weighted by Gasteiger charge is 2.49. The van der Waals surface area contributed by atoms with Crippen molar-refractivity contribution in [3.8, 4) is 0 Å². The Hall–Kier alpha value is -2.49. The normalized spacial score (nSPS) is 21.6. The van der Waals surface area contributed by atoms with Gasteiger partial charge in [0.2, 0.25) is 0 Å². The molecule has 0 bridgehead atoms. The molecule has 8 nitrogen and oxygen atoms in total. The van der Waals surface area contributed by atoms with Crippen LogP contribution < -0.4 is 0 Å². The van der Waals surface area contributed by atoms with Crippen LogP contribution in [0.25, 0.3) is 0 Å². The average Bonchev–Trinajstić information content (AvgIpc) is 2.76. The quantitative estimate of drug-likeness (QED) is 0.564. The molecule has 1 aliphatic heterocycles. The number of carbonyl (C=O) groups is 1. The molecular weight excluding hydrogens is 444 g/mol. The van der Waals surface area contributed by atoms with E-state index in [0.29, 0.717) is 25.3 Å². The molecule has 1 saturated heterocycles. The maximum absolute atomic E-state index is 12.8. The van der Waals surface area contributed by atoms with E-state index in [9.17, 15) is 13.2 Å². The summed E-state index contributed by atoms with van der Waals surface area (Å²) in [6, 6.07) is 15.1. The van der Waals surface area contributed by atoms with Crippen LogP contribution >= 0.6 is 0 Å². The molecule has 2 heterocycles. The van der Waals surface area contributed by atoms with Crippen LogP contribution in [0.1, 0.15) is 38.4 Å². The number of ether oxygens (including phenoxy) is 2. The predicted octanol–water partition coefficient (Wildman–Crippen LogP) is 3.52. The maximum atomic E-state index is 12.8. The van der Waals surface area contributed by atoms with E-state index in [2.05, 4.69) is 4.98 Å². The SMILES string of the molecule is CC(C)(C)OC(=O)N1CCC(COS(C)(=O)=O)(c2ccccn2)C(OCc2ccccc2)C1. The van der Waals surface area contributed by atoms with Gasteiger partial charge in [0.1, 0.15) is 5.60 Å². The number of carbonyl (C=O) groups excluding carboxylic acids is 1. The van der Waals surface area contributed by atoms with E-state index in [1.165, 1.54) is 0 Å². The fraction of sp³-hybridized carbons (Fsp3) is 0.500. The Labute approximate surface area is 196 Å². The first-order valence-corrected chi connectivity index (χ1v) is 12.7. The highest BCUT2D eigenvalue weighted by molar-refractivity contribution is 7.85. The van der Waals surface area contributed by atoms with Gasteiger partial charge in [0, 0.05) is 12.7 Å². The lowest BCUT2D eigenvalue weighted by atomic mass is 9.73. The maximum Gasteiger partial charge on any atom is 0.410 e. The zero-order chi connectivity index (χ0) is 24.1. The van der Waals surface area contributed by atoms with Gasteiger partial charge in [-0.3, -0.25) is 9.17 Å². The molecule has 2 aromatic rings. The second-order valence-corrected chi connectivity index (χ2v) is 10.9. The Morgan fingerprint density at radius 2 is 1.85 bits per heavy atom. The van der Waals surface area contributed by atoms with Crippen molar-refractivity contribution < 1.29 is 26.9 Å². The number of pyridine rings is 1. The molecule has 0 aliphatic carbocycles. The van der Waals surface area contributed by atoms with Crippen LogP contribution in [0.5, 0.6) is 0 Å². The van der Waals surface area contributed by atoms with Gasteiger partial charge in [-0.25, -0.2) is 4.79 Å². The van der Waals surface area contributed by atoms with Crippen LogP contribution in [-0.2, 0) is 35.8 Å². The number of piperidine rings is 1. The first-order valence-electron chi connectivity index (χ1n) is 10.9. The van der Waals surface area contributed by atoms with E-state index in [4.69, 9.17) is 13.7 Å². The summed E-state index contributed by atoms with van der Waals surface area (Å²) in [6.07, 6.45) is 2.07. The van der Waals surface area contributed by atoms with Crippen LogP contribution in [0.15, 0.2) is 54.7 Å². The van der Waals surface area contributed by atoms with E-state index in [-0.39, 0.29) is 13.2 Å². The average molecular weight is 477 g/mol. The zero-order valence-electron chi connectivity index (χ0n) is 19.6. The van der Waals surface area contributed by atoms with Crippen LogP contribution in [0.4, 0.5) is 4.79 Å². The Bertz CT molecular complexity index is 1020. The summed E-state index contributed by atoms with van der Waals surface area (Å²) < 4.78 is 41.0. The Morgan fingerprint density at radius 1 is 1.15 bits per heavy atom. The summed E-state index contributed by atoms with van der Waals surface area (Å²) in [5.41, 5.74) is 0.130. The molecule has 9 heteroatoms. The first-order chi connectivity index (χ1) is 15.5. The first kappa shape index (κ1) is 25.1. The predicted molar refractivity (Wildman–Crippen MR) is 124 cm³/mol. The summed E-state index contributed by atoms with van der Waals surface area (Å²) in [7, 11) is -3.70. The fourth-order valence-electron chi connectivity index (χ4n) is 3.84. The molecule has 1 aromatic carbocycles. The van der Waals surface area contributed by atoms with Crippen molar-refractivity contribution in [2.45, 2.75) is 50.9 Å². The summed E-state index contributed by atoms with van der Waals surface area (Å²) in [5.74, 6) is 0. The molecular formula is C24H32N2O6S. The van der Waals surface area contributed by atoms with Gasteiger partial charge in [-0.2, -0.15) is 8.42 Å². The van der Waals surface area contributed by atoms with Gasteiger partial charge >= 0.3 is 6.09 Å². The summed E-state index contributed by atoms with van der Waals surface area (Å²) in [6.45, 7) is 6.17. The van der Waals surface area contributed by atoms with Crippen molar-refractivity contribution in [2.24, 2.45) is 0 Å². The van der Waals surface area contributed by atoms with Crippen molar-refractivity contribution in [3.05, 3.63) is 66.0 Å². The third-order valence-corrected chi connectivity index (χ3v) is 6.03. The second kappa shape index (κ2) is 10.2. The topological polar surface area (TPSA) is 95.0 Å². The molecule has 1 aromatic heterocycles. The molecule has 3 rings (SSSR count). The molecule has 180 valence electrons. The van der Waals surface area contributed by atoms with Gasteiger partial charge in [-0.1, -0.05) is 36.4 Å². The van der Waals surface area contributed by atoms with Crippen molar-refractivity contribution in [2.75, 3.05) is 26.0 Å². The summed E-state index contributed by atoms with van der Waals surface area (Å²) in [5, 5.41) is 0. The second-order valence-electron chi connectivity index (χ2n) is 9.30. The van der Waals surface area contributed by atoms with Crippen molar-refractivity contribution in [3.63, 3.8) is 0 Å². The number of hydrogen-bond donors (Lipinski definition) is 0. The molecule has 33 heavy (non-hydrogen) atoms. The van der Waals surface area contributed by atoms with E-state index < -0.39 is 33.3 Å². The molecule has 1 amide bonds. The van der Waals surface area contributed by atoms with E-state index >= 15 is 0 Å². The molecule has 0 radical (unpaired) electrons. The number of hydrogen-bond acceptors (Lipinski definition) is 7. The van der Waals surface area contributed by atoms with Gasteiger partial charge in [0.05, 0.1) is 43.2 Å². The standard InChI is InChI=1S/C24H32N2O6S/c1-23(2,3)32-22(27)26-15-13-24(18-31-33(4,28)29,20-12-8-9-14-25-20)21(16-26)30-17-19-10-6-5-7-11-19/h5-12,14,21H,13,15-18H2,1-4H3. The van der Waals surface area contributed by atoms with Crippen molar-refractivity contribution in [1.29, 1.82) is 0 Å². The minimum absolute atomic E-state index is 0.134. The molecule has 0 spiro atoms. The third-order valence-electron chi connectivity index (χ3n) is 5.48. The van der Waals surface area contributed by atoms with Crippen LogP contribution in [-0.4, -0.2) is 62.1 Å². The molecule has 0 N–H and O–H groups in total. The number of nitrogens with zero attached hydrogens (tertiary/aromatic N) is 2. The highest BCUT2D eigenvalue weighted by atomic mass is 32.2. The molecule has 1 aliphatic rings. The lowest BCUT2D eigenvalue weighted by molar-refractivity contribution is -0.0790. The number of benzene rings is 1. The smallest absolute Gasteiger partial charge is 0.410 e. The minimum Gasteiger partial charge on any atom is -0.444 e. The van der Waals surface area contributed by atoms with Gasteiger partial charge in [-0.05, 0) is 44.9 Å². The van der Waals surface area contributed by atoms with Crippen LogP contribution in [0, 0.1) is 0 Å². The van der Waals surface area contributed by atoms with Crippen LogP contribution in [0.3, 0.4) is 0 Å². The highest BCUT2D eigenvalue weighted by Crippen LogP contribution is 2.38. The minimum atomic E-state index is -3.70. The van der Waals surface area contributed by atoms with Gasteiger partial charge in [0.15, 0.2) is 0 Å². The van der Waals surface area contributed by atoms with Gasteiger partial charge in [-0.15, -0.1) is 0 Å². The van der Waals surface area contributed by atoms with E-state index in [1.807, 2.05) is 63.2 Å². The number of rotatable bonds is 7. The Morgan fingerprint density at radius 3 is 2.45 bits per heavy atom. The van der Waals surface area contributed by atoms with Crippen molar-refractivity contribution in [1.82, 2.24) is 9.88 Å². The van der Waals surface area contributed by atoms with E-state index in [0.717, 1.165) is 11.8 Å². The molecule has 0 saturated carbocycles. The lowest BCUT2D eigenvalue weighted by Gasteiger charge is -2.46. The monoisotopic (exact) mass is 476 g/mol. The zero-order valence-corrected chi connectivity index (χ0v) is 20.4. The summed E-state index contributed by atoms with van der Waals surface area (Å²) >= 11 is 0. The largest absolute Gasteiger partial charge is 0.444 e. The summed E-state index contributed by atoms with van der Waals surface area (Å²) in [4.78, 5) is 18.9. The molecule has 1 fully saturated rings. The van der Waals surface area contributed by atoms with E-state index in [1.54, 1.807) is 17.2 Å². The number of amides is 1. The van der Waals surface area contributed by atoms with Gasteiger partial charge < -0.3 is 14.4 Å². The lowest BCUT2D eigenvalue weighted by Crippen LogP contribution is -2.58. The Kier molecular flexibility index (Phi) is 7.76. The molecule has 2 atom stereocenters. The fourth-order valence-corrected chi connectivity index (χ4v) is 4.26. The molecule has 2 unspecified atom stereocenters. The van der Waals surface area contributed by atoms with Crippen LogP contribution in [0.2, 0.25) is 0 Å². The van der Waals surface area contributed by atoms with Crippen molar-refractivity contribution >= 4 is 16.2 Å². The number of aromatic nitrogens is 1. The Balaban J connectivity index is 1.94. The number of likely N-dealkylation sites (tertiary alicyclic amines) is 1. The van der Waals surface area contributed by atoms with Gasteiger partial charge in [0.25, 0.3) is 10.1 Å². The third kappa shape index (κ3) is 6.99.